The fourth-order valence-electron chi connectivity index (χ4n) is 2.70. The van der Waals surface area contributed by atoms with Crippen molar-refractivity contribution in [2.45, 2.75) is 26.4 Å². The van der Waals surface area contributed by atoms with E-state index in [0.717, 1.165) is 33.8 Å². The molecule has 6 heteroatoms. The third-order valence-electron chi connectivity index (χ3n) is 3.95. The van der Waals surface area contributed by atoms with Crippen molar-refractivity contribution in [2.75, 3.05) is 19.5 Å². The Morgan fingerprint density at radius 1 is 1.17 bits per heavy atom. The molecule has 0 atom stereocenters. The van der Waals surface area contributed by atoms with Crippen LogP contribution in [0.2, 0.25) is 0 Å². The van der Waals surface area contributed by atoms with Crippen LogP contribution in [0.4, 0.5) is 5.82 Å². The molecule has 3 rings (SSSR count). The maximum atomic E-state index is 5.44. The van der Waals surface area contributed by atoms with Crippen LogP contribution in [0.5, 0.6) is 11.5 Å². The van der Waals surface area contributed by atoms with Crippen LogP contribution in [0.3, 0.4) is 0 Å². The van der Waals surface area contributed by atoms with Gasteiger partial charge in [0.05, 0.1) is 31.3 Å². The summed E-state index contributed by atoms with van der Waals surface area (Å²) in [4.78, 5) is 4.45. The summed E-state index contributed by atoms with van der Waals surface area (Å²) in [6.45, 7) is 4.83. The van der Waals surface area contributed by atoms with E-state index in [4.69, 9.17) is 9.47 Å². The number of fused-ring (bicyclic) bond motifs is 1. The second kappa shape index (κ2) is 6.78. The minimum atomic E-state index is 0.305. The third kappa shape index (κ3) is 2.99. The van der Waals surface area contributed by atoms with Crippen LogP contribution >= 0.6 is 0 Å². The number of hydrogen-bond donors (Lipinski definition) is 1. The second-order valence-electron chi connectivity index (χ2n) is 5.81. The number of hydrogen-bond acceptors (Lipinski definition) is 5. The van der Waals surface area contributed by atoms with Crippen molar-refractivity contribution in [1.82, 2.24) is 14.8 Å². The summed E-state index contributed by atoms with van der Waals surface area (Å²) in [5.74, 6) is 2.37. The van der Waals surface area contributed by atoms with E-state index in [1.165, 1.54) is 0 Å². The minimum Gasteiger partial charge on any atom is -0.497 e. The van der Waals surface area contributed by atoms with E-state index in [1.807, 2.05) is 35.1 Å². The normalized spacial score (nSPS) is 11.0. The molecule has 0 aliphatic carbocycles. The lowest BCUT2D eigenvalue weighted by atomic mass is 10.2. The molecule has 0 aliphatic heterocycles. The Kier molecular flexibility index (Phi) is 4.55. The quantitative estimate of drug-likeness (QED) is 0.749. The Bertz CT molecular complexity index is 842. The summed E-state index contributed by atoms with van der Waals surface area (Å²) in [7, 11) is 3.30. The molecule has 2 aromatic heterocycles. The number of ether oxygens (including phenoxy) is 2. The third-order valence-corrected chi connectivity index (χ3v) is 3.95. The molecule has 1 aromatic carbocycles. The van der Waals surface area contributed by atoms with Gasteiger partial charge in [0.25, 0.3) is 0 Å². The number of nitrogens with zero attached hydrogens (tertiary/aromatic N) is 3. The number of nitrogens with one attached hydrogen (secondary N) is 1. The molecule has 1 N–H and O–H groups in total. The molecule has 0 radical (unpaired) electrons. The Morgan fingerprint density at radius 2 is 2.00 bits per heavy atom. The number of aromatic nitrogens is 3. The monoisotopic (exact) mass is 326 g/mol. The maximum Gasteiger partial charge on any atom is 0.137 e. The molecular weight excluding hydrogens is 304 g/mol. The largest absolute Gasteiger partial charge is 0.497 e. The number of pyridine rings is 1. The zero-order valence-corrected chi connectivity index (χ0v) is 14.4. The molecular formula is C18H22N4O2. The number of methoxy groups -OCH3 is 2. The first-order valence-corrected chi connectivity index (χ1v) is 7.91. The smallest absolute Gasteiger partial charge is 0.137 e. The highest BCUT2D eigenvalue weighted by Crippen LogP contribution is 2.27. The summed E-state index contributed by atoms with van der Waals surface area (Å²) in [5, 5.41) is 8.86. The van der Waals surface area contributed by atoms with E-state index in [-0.39, 0.29) is 0 Å². The van der Waals surface area contributed by atoms with Crippen LogP contribution in [-0.2, 0) is 6.54 Å². The van der Waals surface area contributed by atoms with E-state index in [2.05, 4.69) is 29.2 Å². The van der Waals surface area contributed by atoms with Gasteiger partial charge in [-0.05, 0) is 32.0 Å². The molecule has 0 spiro atoms. The summed E-state index contributed by atoms with van der Waals surface area (Å²) in [6, 6.07) is 8.08. The predicted octanol–water partition coefficient (Wildman–Crippen LogP) is 3.64. The molecule has 2 heterocycles. The van der Waals surface area contributed by atoms with Gasteiger partial charge in [0, 0.05) is 30.4 Å². The topological polar surface area (TPSA) is 61.2 Å². The lowest BCUT2D eigenvalue weighted by Gasteiger charge is -2.12. The van der Waals surface area contributed by atoms with Crippen LogP contribution < -0.4 is 14.8 Å². The van der Waals surface area contributed by atoms with Crippen molar-refractivity contribution in [1.29, 1.82) is 0 Å². The molecule has 6 nitrogen and oxygen atoms in total. The van der Waals surface area contributed by atoms with Gasteiger partial charge in [-0.3, -0.25) is 4.68 Å². The van der Waals surface area contributed by atoms with Gasteiger partial charge < -0.3 is 14.8 Å². The molecule has 0 amide bonds. The van der Waals surface area contributed by atoms with E-state index < -0.39 is 0 Å². The first-order chi connectivity index (χ1) is 11.6. The van der Waals surface area contributed by atoms with Crippen molar-refractivity contribution in [3.63, 3.8) is 0 Å². The SMILES string of the molecule is COc1ccc(CNc2nccc3c2cnn3C(C)C)c(OC)c1. The van der Waals surface area contributed by atoms with Crippen molar-refractivity contribution in [3.8, 4) is 11.5 Å². The molecule has 3 aromatic rings. The highest BCUT2D eigenvalue weighted by Gasteiger charge is 2.11. The Hall–Kier alpha value is -2.76. The van der Waals surface area contributed by atoms with Gasteiger partial charge in [-0.1, -0.05) is 0 Å². The van der Waals surface area contributed by atoms with E-state index in [0.29, 0.717) is 12.6 Å². The number of rotatable bonds is 6. The minimum absolute atomic E-state index is 0.305. The first-order valence-electron chi connectivity index (χ1n) is 7.91. The lowest BCUT2D eigenvalue weighted by Crippen LogP contribution is -2.05. The van der Waals surface area contributed by atoms with Crippen molar-refractivity contribution in [3.05, 3.63) is 42.2 Å². The molecule has 126 valence electrons. The van der Waals surface area contributed by atoms with Crippen molar-refractivity contribution >= 4 is 16.7 Å². The van der Waals surface area contributed by atoms with Crippen LogP contribution in [0.15, 0.2) is 36.7 Å². The highest BCUT2D eigenvalue weighted by atomic mass is 16.5. The van der Waals surface area contributed by atoms with Gasteiger partial charge in [0.15, 0.2) is 0 Å². The fraction of sp³-hybridized carbons (Fsp3) is 0.333. The standard InChI is InChI=1S/C18H22N4O2/c1-12(2)22-16-7-8-19-18(15(16)11-21-22)20-10-13-5-6-14(23-3)9-17(13)24-4/h5-9,11-12H,10H2,1-4H3,(H,19,20). The number of benzene rings is 1. The second-order valence-corrected chi connectivity index (χ2v) is 5.81. The zero-order valence-electron chi connectivity index (χ0n) is 14.4. The Morgan fingerprint density at radius 3 is 2.71 bits per heavy atom. The summed E-state index contributed by atoms with van der Waals surface area (Å²) in [5.41, 5.74) is 2.11. The average molecular weight is 326 g/mol. The highest BCUT2D eigenvalue weighted by molar-refractivity contribution is 5.89. The van der Waals surface area contributed by atoms with Gasteiger partial charge in [0.1, 0.15) is 17.3 Å². The first kappa shape index (κ1) is 16.1. The van der Waals surface area contributed by atoms with Crippen LogP contribution in [0.25, 0.3) is 10.9 Å². The van der Waals surface area contributed by atoms with Gasteiger partial charge in [0.2, 0.25) is 0 Å². The Balaban J connectivity index is 1.86. The molecule has 0 fully saturated rings. The van der Waals surface area contributed by atoms with Crippen LogP contribution in [0, 0.1) is 0 Å². The van der Waals surface area contributed by atoms with Gasteiger partial charge in [-0.2, -0.15) is 5.10 Å². The van der Waals surface area contributed by atoms with Crippen molar-refractivity contribution < 1.29 is 9.47 Å². The summed E-state index contributed by atoms with van der Waals surface area (Å²) >= 11 is 0. The van der Waals surface area contributed by atoms with Crippen molar-refractivity contribution in [2.24, 2.45) is 0 Å². The van der Waals surface area contributed by atoms with E-state index in [9.17, 15) is 0 Å². The summed E-state index contributed by atoms with van der Waals surface area (Å²) in [6.07, 6.45) is 3.66. The van der Waals surface area contributed by atoms with Gasteiger partial charge in [-0.15, -0.1) is 0 Å². The molecule has 0 saturated carbocycles. The van der Waals surface area contributed by atoms with E-state index in [1.54, 1.807) is 20.4 Å². The zero-order chi connectivity index (χ0) is 17.1. The van der Waals surface area contributed by atoms with Crippen LogP contribution in [-0.4, -0.2) is 29.0 Å². The van der Waals surface area contributed by atoms with Gasteiger partial charge in [-0.25, -0.2) is 4.98 Å². The Labute approximate surface area is 141 Å². The molecule has 0 saturated heterocycles. The molecule has 0 bridgehead atoms. The molecule has 24 heavy (non-hydrogen) atoms. The number of anilines is 1. The van der Waals surface area contributed by atoms with Crippen LogP contribution in [0.1, 0.15) is 25.5 Å². The molecule has 0 aliphatic rings. The predicted molar refractivity (Wildman–Crippen MR) is 94.8 cm³/mol. The fourth-order valence-corrected chi connectivity index (χ4v) is 2.70. The maximum absolute atomic E-state index is 5.44. The molecule has 0 unspecified atom stereocenters. The van der Waals surface area contributed by atoms with E-state index >= 15 is 0 Å². The summed E-state index contributed by atoms with van der Waals surface area (Å²) < 4.78 is 12.7. The average Bonchev–Trinajstić information content (AvgIpc) is 3.04. The van der Waals surface area contributed by atoms with Gasteiger partial charge >= 0.3 is 0 Å². The lowest BCUT2D eigenvalue weighted by molar-refractivity contribution is 0.391.